The van der Waals surface area contributed by atoms with E-state index in [2.05, 4.69) is 43.1 Å². The molecule has 2 unspecified atom stereocenters. The monoisotopic (exact) mass is 232 g/mol. The first-order chi connectivity index (χ1) is 8.15. The van der Waals surface area contributed by atoms with Gasteiger partial charge in [-0.3, -0.25) is 0 Å². The molecule has 2 heteroatoms. The third-order valence-corrected chi connectivity index (χ3v) is 3.80. The number of aryl methyl sites for hydroxylation is 1. The van der Waals surface area contributed by atoms with Crippen LogP contribution in [0.3, 0.4) is 0 Å². The van der Waals surface area contributed by atoms with E-state index in [4.69, 9.17) is 5.73 Å². The number of nitrogens with two attached hydrogens (primary N) is 1. The summed E-state index contributed by atoms with van der Waals surface area (Å²) < 4.78 is 0. The lowest BCUT2D eigenvalue weighted by Gasteiger charge is -2.23. The molecule has 0 aliphatic heterocycles. The van der Waals surface area contributed by atoms with Crippen LogP contribution < -0.4 is 5.73 Å². The second-order valence-corrected chi connectivity index (χ2v) is 5.54. The largest absolute Gasteiger partial charge is 0.327 e. The number of nitrogens with zero attached hydrogens (tertiary/aromatic N) is 1. The van der Waals surface area contributed by atoms with Crippen molar-refractivity contribution in [1.29, 1.82) is 0 Å². The minimum Gasteiger partial charge on any atom is -0.327 e. The summed E-state index contributed by atoms with van der Waals surface area (Å²) in [4.78, 5) is 2.41. The molecule has 1 aliphatic rings. The van der Waals surface area contributed by atoms with Gasteiger partial charge in [0.2, 0.25) is 0 Å². The quantitative estimate of drug-likeness (QED) is 0.864. The van der Waals surface area contributed by atoms with E-state index in [1.54, 1.807) is 0 Å². The third kappa shape index (κ3) is 3.55. The normalized spacial score (nSPS) is 24.5. The Morgan fingerprint density at radius 1 is 1.35 bits per heavy atom. The fourth-order valence-electron chi connectivity index (χ4n) is 2.88. The van der Waals surface area contributed by atoms with Crippen LogP contribution in [0.15, 0.2) is 24.3 Å². The predicted molar refractivity (Wildman–Crippen MR) is 72.8 cm³/mol. The average Bonchev–Trinajstić information content (AvgIpc) is 2.64. The van der Waals surface area contributed by atoms with Gasteiger partial charge >= 0.3 is 0 Å². The Balaban J connectivity index is 1.86. The molecule has 0 spiro atoms. The van der Waals surface area contributed by atoms with Crippen molar-refractivity contribution in [2.75, 3.05) is 13.6 Å². The number of hydrogen-bond acceptors (Lipinski definition) is 2. The minimum absolute atomic E-state index is 0.426. The van der Waals surface area contributed by atoms with Crippen LogP contribution in [0, 0.1) is 12.8 Å². The summed E-state index contributed by atoms with van der Waals surface area (Å²) in [5.41, 5.74) is 8.86. The van der Waals surface area contributed by atoms with Gasteiger partial charge in [0.1, 0.15) is 0 Å². The lowest BCUT2D eigenvalue weighted by atomic mass is 10.0. The molecule has 94 valence electrons. The van der Waals surface area contributed by atoms with Gasteiger partial charge in [-0.15, -0.1) is 0 Å². The Morgan fingerprint density at radius 3 is 2.82 bits per heavy atom. The first-order valence-electron chi connectivity index (χ1n) is 6.65. The molecule has 0 heterocycles. The van der Waals surface area contributed by atoms with Gasteiger partial charge in [-0.1, -0.05) is 36.2 Å². The molecule has 1 aliphatic carbocycles. The lowest BCUT2D eigenvalue weighted by molar-refractivity contribution is 0.259. The van der Waals surface area contributed by atoms with Crippen molar-refractivity contribution in [1.82, 2.24) is 4.90 Å². The third-order valence-electron chi connectivity index (χ3n) is 3.80. The van der Waals surface area contributed by atoms with E-state index in [-0.39, 0.29) is 0 Å². The maximum atomic E-state index is 6.12. The molecule has 0 radical (unpaired) electrons. The SMILES string of the molecule is Cc1cccc(CN(C)CC2CCCC2N)c1. The fraction of sp³-hybridized carbons (Fsp3) is 0.600. The van der Waals surface area contributed by atoms with Crippen molar-refractivity contribution < 1.29 is 0 Å². The van der Waals surface area contributed by atoms with E-state index in [1.165, 1.54) is 30.4 Å². The molecule has 2 nitrogen and oxygen atoms in total. The van der Waals surface area contributed by atoms with Crippen LogP contribution in [0.1, 0.15) is 30.4 Å². The Hall–Kier alpha value is -0.860. The average molecular weight is 232 g/mol. The van der Waals surface area contributed by atoms with Gasteiger partial charge in [0, 0.05) is 19.1 Å². The molecule has 1 aromatic rings. The molecule has 1 fully saturated rings. The van der Waals surface area contributed by atoms with Crippen molar-refractivity contribution in [3.63, 3.8) is 0 Å². The maximum absolute atomic E-state index is 6.12. The summed E-state index contributed by atoms with van der Waals surface area (Å²) in [6, 6.07) is 9.19. The van der Waals surface area contributed by atoms with Crippen LogP contribution >= 0.6 is 0 Å². The van der Waals surface area contributed by atoms with Crippen molar-refractivity contribution in [2.24, 2.45) is 11.7 Å². The highest BCUT2D eigenvalue weighted by Gasteiger charge is 2.24. The highest BCUT2D eigenvalue weighted by Crippen LogP contribution is 2.24. The molecular weight excluding hydrogens is 208 g/mol. The second kappa shape index (κ2) is 5.65. The fourth-order valence-corrected chi connectivity index (χ4v) is 2.88. The molecule has 17 heavy (non-hydrogen) atoms. The van der Waals surface area contributed by atoms with Gasteiger partial charge in [-0.05, 0) is 38.3 Å². The van der Waals surface area contributed by atoms with Crippen LogP contribution in [-0.2, 0) is 6.54 Å². The topological polar surface area (TPSA) is 29.3 Å². The zero-order chi connectivity index (χ0) is 12.3. The highest BCUT2D eigenvalue weighted by molar-refractivity contribution is 5.22. The van der Waals surface area contributed by atoms with Crippen molar-refractivity contribution >= 4 is 0 Å². The molecule has 2 rings (SSSR count). The highest BCUT2D eigenvalue weighted by atomic mass is 15.1. The summed E-state index contributed by atoms with van der Waals surface area (Å²) in [6.07, 6.45) is 3.83. The molecule has 1 aromatic carbocycles. The Labute approximate surface area is 105 Å². The maximum Gasteiger partial charge on any atom is 0.0230 e. The van der Waals surface area contributed by atoms with E-state index < -0.39 is 0 Å². The van der Waals surface area contributed by atoms with Gasteiger partial charge in [-0.2, -0.15) is 0 Å². The molecule has 1 saturated carbocycles. The van der Waals surface area contributed by atoms with Gasteiger partial charge in [0.15, 0.2) is 0 Å². The predicted octanol–water partition coefficient (Wildman–Crippen LogP) is 2.55. The summed E-state index contributed by atoms with van der Waals surface area (Å²) >= 11 is 0. The summed E-state index contributed by atoms with van der Waals surface area (Å²) in [7, 11) is 2.20. The number of hydrogen-bond donors (Lipinski definition) is 1. The first kappa shape index (κ1) is 12.6. The standard InChI is InChI=1S/C15H24N2/c1-12-5-3-6-13(9-12)10-17(2)11-14-7-4-8-15(14)16/h3,5-6,9,14-15H,4,7-8,10-11,16H2,1-2H3. The van der Waals surface area contributed by atoms with Crippen molar-refractivity contribution in [3.05, 3.63) is 35.4 Å². The van der Waals surface area contributed by atoms with Crippen molar-refractivity contribution in [3.8, 4) is 0 Å². The Kier molecular flexibility index (Phi) is 4.19. The van der Waals surface area contributed by atoms with E-state index in [0.29, 0.717) is 12.0 Å². The van der Waals surface area contributed by atoms with E-state index >= 15 is 0 Å². The van der Waals surface area contributed by atoms with Gasteiger partial charge < -0.3 is 10.6 Å². The molecule has 0 amide bonds. The molecule has 0 saturated heterocycles. The van der Waals surface area contributed by atoms with Crippen LogP contribution in [-0.4, -0.2) is 24.5 Å². The minimum atomic E-state index is 0.426. The zero-order valence-corrected chi connectivity index (χ0v) is 11.0. The summed E-state index contributed by atoms with van der Waals surface area (Å²) in [6.45, 7) is 4.32. The molecule has 0 aromatic heterocycles. The van der Waals surface area contributed by atoms with Gasteiger partial charge in [0.25, 0.3) is 0 Å². The van der Waals surface area contributed by atoms with Crippen LogP contribution in [0.25, 0.3) is 0 Å². The molecule has 2 N–H and O–H groups in total. The first-order valence-corrected chi connectivity index (χ1v) is 6.65. The summed E-state index contributed by atoms with van der Waals surface area (Å²) in [5.74, 6) is 0.699. The molecule has 2 atom stereocenters. The molecular formula is C15H24N2. The van der Waals surface area contributed by atoms with Crippen LogP contribution in [0.4, 0.5) is 0 Å². The zero-order valence-electron chi connectivity index (χ0n) is 11.0. The number of rotatable bonds is 4. The summed E-state index contributed by atoms with van der Waals surface area (Å²) in [5, 5.41) is 0. The van der Waals surface area contributed by atoms with Crippen molar-refractivity contribution in [2.45, 2.75) is 38.8 Å². The molecule has 0 bridgehead atoms. The lowest BCUT2D eigenvalue weighted by Crippen LogP contribution is -2.34. The van der Waals surface area contributed by atoms with E-state index in [0.717, 1.165) is 13.1 Å². The van der Waals surface area contributed by atoms with Gasteiger partial charge in [-0.25, -0.2) is 0 Å². The Bertz CT molecular complexity index is 362. The van der Waals surface area contributed by atoms with E-state index in [9.17, 15) is 0 Å². The second-order valence-electron chi connectivity index (χ2n) is 5.54. The Morgan fingerprint density at radius 2 is 2.18 bits per heavy atom. The van der Waals surface area contributed by atoms with Crippen LogP contribution in [0.5, 0.6) is 0 Å². The van der Waals surface area contributed by atoms with Crippen LogP contribution in [0.2, 0.25) is 0 Å². The smallest absolute Gasteiger partial charge is 0.0230 e. The number of benzene rings is 1. The van der Waals surface area contributed by atoms with E-state index in [1.807, 2.05) is 0 Å². The van der Waals surface area contributed by atoms with Gasteiger partial charge in [0.05, 0.1) is 0 Å².